The quantitative estimate of drug-likeness (QED) is 0.472. The standard InChI is InChI=1S/C28H48F2O/c1-18(16-28(29,30)24(2,3)4)21-10-11-22-20-9-8-19-17-25(5,31)14-15-26(19,6)23(20)12-13-27(21,22)7/h18-23,31H,8-17H2,1-7H3/t18-,19+,20+,21-,22+,23+,25+,26+,27-/m1/s1. The van der Waals surface area contributed by atoms with E-state index in [1.807, 2.05) is 6.92 Å². The van der Waals surface area contributed by atoms with E-state index in [0.29, 0.717) is 23.2 Å². The zero-order valence-corrected chi connectivity index (χ0v) is 21.2. The second kappa shape index (κ2) is 7.41. The lowest BCUT2D eigenvalue weighted by atomic mass is 9.43. The van der Waals surface area contributed by atoms with Crippen molar-refractivity contribution in [3.05, 3.63) is 0 Å². The molecule has 0 aromatic rings. The van der Waals surface area contributed by atoms with E-state index in [-0.39, 0.29) is 17.8 Å². The van der Waals surface area contributed by atoms with Crippen LogP contribution in [0.4, 0.5) is 8.78 Å². The van der Waals surface area contributed by atoms with Crippen molar-refractivity contribution in [2.24, 2.45) is 51.8 Å². The summed E-state index contributed by atoms with van der Waals surface area (Å²) in [7, 11) is 0. The van der Waals surface area contributed by atoms with Crippen LogP contribution in [0.15, 0.2) is 0 Å². The molecule has 1 nitrogen and oxygen atoms in total. The van der Waals surface area contributed by atoms with Gasteiger partial charge in [-0.3, -0.25) is 0 Å². The first kappa shape index (κ1) is 24.0. The first-order valence-corrected chi connectivity index (χ1v) is 13.2. The maximum atomic E-state index is 14.9. The second-order valence-corrected chi connectivity index (χ2v) is 14.2. The highest BCUT2D eigenvalue weighted by atomic mass is 19.3. The van der Waals surface area contributed by atoms with Crippen molar-refractivity contribution in [2.45, 2.75) is 124 Å². The molecule has 31 heavy (non-hydrogen) atoms. The molecule has 4 aliphatic carbocycles. The predicted molar refractivity (Wildman–Crippen MR) is 124 cm³/mol. The normalized spacial score (nSPS) is 49.2. The number of hydrogen-bond acceptors (Lipinski definition) is 1. The van der Waals surface area contributed by atoms with Gasteiger partial charge in [-0.25, -0.2) is 8.78 Å². The fraction of sp³-hybridized carbons (Fsp3) is 1.00. The molecule has 4 fully saturated rings. The van der Waals surface area contributed by atoms with Crippen molar-refractivity contribution in [2.75, 3.05) is 0 Å². The van der Waals surface area contributed by atoms with Crippen LogP contribution in [-0.4, -0.2) is 16.6 Å². The summed E-state index contributed by atoms with van der Waals surface area (Å²) < 4.78 is 29.9. The molecule has 0 aromatic carbocycles. The summed E-state index contributed by atoms with van der Waals surface area (Å²) in [5.41, 5.74) is -0.841. The Balaban J connectivity index is 1.52. The molecule has 0 spiro atoms. The van der Waals surface area contributed by atoms with Gasteiger partial charge in [0.1, 0.15) is 0 Å². The van der Waals surface area contributed by atoms with Gasteiger partial charge in [-0.1, -0.05) is 41.5 Å². The Bertz CT molecular complexity index is 679. The van der Waals surface area contributed by atoms with Crippen LogP contribution in [0, 0.1) is 51.8 Å². The average molecular weight is 439 g/mol. The van der Waals surface area contributed by atoms with Gasteiger partial charge in [0.05, 0.1) is 5.60 Å². The minimum Gasteiger partial charge on any atom is -0.390 e. The summed E-state index contributed by atoms with van der Waals surface area (Å²) in [6, 6.07) is 0. The maximum Gasteiger partial charge on any atom is 0.253 e. The Kier molecular flexibility index (Phi) is 5.73. The van der Waals surface area contributed by atoms with Gasteiger partial charge in [-0.05, 0) is 111 Å². The summed E-state index contributed by atoms with van der Waals surface area (Å²) in [5.74, 6) is 0.809. The molecule has 0 aromatic heterocycles. The van der Waals surface area contributed by atoms with E-state index < -0.39 is 16.9 Å². The van der Waals surface area contributed by atoms with Gasteiger partial charge >= 0.3 is 0 Å². The highest BCUT2D eigenvalue weighted by Crippen LogP contribution is 2.69. The molecule has 0 saturated heterocycles. The molecular weight excluding hydrogens is 390 g/mol. The lowest BCUT2D eigenvalue weighted by Crippen LogP contribution is -2.55. The number of alkyl halides is 2. The number of aliphatic hydroxyl groups is 1. The first-order valence-electron chi connectivity index (χ1n) is 13.2. The van der Waals surface area contributed by atoms with E-state index in [1.54, 1.807) is 20.8 Å². The van der Waals surface area contributed by atoms with Crippen LogP contribution in [0.2, 0.25) is 0 Å². The van der Waals surface area contributed by atoms with Crippen molar-refractivity contribution in [1.29, 1.82) is 0 Å². The van der Waals surface area contributed by atoms with Crippen LogP contribution in [-0.2, 0) is 0 Å². The molecule has 0 radical (unpaired) electrons. The van der Waals surface area contributed by atoms with Gasteiger partial charge in [-0.2, -0.15) is 0 Å². The summed E-state index contributed by atoms with van der Waals surface area (Å²) >= 11 is 0. The molecule has 180 valence electrons. The molecule has 9 atom stereocenters. The average Bonchev–Trinajstić information content (AvgIpc) is 2.98. The highest BCUT2D eigenvalue weighted by Gasteiger charge is 2.61. The maximum absolute atomic E-state index is 14.9. The Morgan fingerprint density at radius 2 is 1.52 bits per heavy atom. The molecule has 0 bridgehead atoms. The summed E-state index contributed by atoms with van der Waals surface area (Å²) in [6.45, 7) is 14.2. The van der Waals surface area contributed by atoms with Crippen molar-refractivity contribution >= 4 is 0 Å². The van der Waals surface area contributed by atoms with Crippen LogP contribution in [0.3, 0.4) is 0 Å². The molecule has 0 amide bonds. The topological polar surface area (TPSA) is 20.2 Å². The SMILES string of the molecule is C[C@H](CC(F)(F)C(C)(C)C)[C@H]1CC[C@H]2[C@@H]3CC[C@H]4C[C@@](C)(O)CC[C@]4(C)[C@H]3CC[C@]12C. The zero-order valence-electron chi connectivity index (χ0n) is 21.2. The molecule has 0 aliphatic heterocycles. The lowest BCUT2D eigenvalue weighted by molar-refractivity contribution is -0.152. The predicted octanol–water partition coefficient (Wildman–Crippen LogP) is 8.10. The smallest absolute Gasteiger partial charge is 0.253 e. The molecular formula is C28H48F2O. The van der Waals surface area contributed by atoms with E-state index >= 15 is 0 Å². The number of rotatable bonds is 3. The number of fused-ring (bicyclic) bond motifs is 5. The molecule has 4 saturated carbocycles. The van der Waals surface area contributed by atoms with Crippen LogP contribution in [0.1, 0.15) is 113 Å². The molecule has 3 heteroatoms. The Morgan fingerprint density at radius 3 is 2.16 bits per heavy atom. The molecule has 4 rings (SSSR count). The van der Waals surface area contributed by atoms with Crippen LogP contribution in [0.5, 0.6) is 0 Å². The number of hydrogen-bond donors (Lipinski definition) is 1. The summed E-state index contributed by atoms with van der Waals surface area (Å²) in [4.78, 5) is 0. The summed E-state index contributed by atoms with van der Waals surface area (Å²) in [5, 5.41) is 10.7. The van der Waals surface area contributed by atoms with Crippen molar-refractivity contribution in [1.82, 2.24) is 0 Å². The zero-order chi connectivity index (χ0) is 23.0. The van der Waals surface area contributed by atoms with Crippen molar-refractivity contribution in [3.8, 4) is 0 Å². The van der Waals surface area contributed by atoms with E-state index in [2.05, 4.69) is 20.8 Å². The van der Waals surface area contributed by atoms with Gasteiger partial charge in [0.25, 0.3) is 5.92 Å². The van der Waals surface area contributed by atoms with E-state index in [4.69, 9.17) is 0 Å². The Morgan fingerprint density at radius 1 is 0.871 bits per heavy atom. The first-order chi connectivity index (χ1) is 14.1. The van der Waals surface area contributed by atoms with Crippen molar-refractivity contribution < 1.29 is 13.9 Å². The Hall–Kier alpha value is -0.180. The van der Waals surface area contributed by atoms with Crippen molar-refractivity contribution in [3.63, 3.8) is 0 Å². The third-order valence-electron chi connectivity index (χ3n) is 11.4. The minimum absolute atomic E-state index is 0.0342. The minimum atomic E-state index is -2.61. The van der Waals surface area contributed by atoms with E-state index in [0.717, 1.165) is 37.5 Å². The van der Waals surface area contributed by atoms with Gasteiger partial charge in [0.15, 0.2) is 0 Å². The number of halogens is 2. The largest absolute Gasteiger partial charge is 0.390 e. The monoisotopic (exact) mass is 438 g/mol. The second-order valence-electron chi connectivity index (χ2n) is 14.2. The van der Waals surface area contributed by atoms with Gasteiger partial charge in [-0.15, -0.1) is 0 Å². The third kappa shape index (κ3) is 3.81. The van der Waals surface area contributed by atoms with Crippen LogP contribution in [0.25, 0.3) is 0 Å². The molecule has 0 unspecified atom stereocenters. The van der Waals surface area contributed by atoms with Gasteiger partial charge in [0.2, 0.25) is 0 Å². The van der Waals surface area contributed by atoms with Gasteiger partial charge < -0.3 is 5.11 Å². The van der Waals surface area contributed by atoms with Gasteiger partial charge in [0, 0.05) is 11.8 Å². The molecule has 4 aliphatic rings. The lowest BCUT2D eigenvalue weighted by Gasteiger charge is -2.62. The third-order valence-corrected chi connectivity index (χ3v) is 11.4. The molecule has 0 heterocycles. The fourth-order valence-corrected chi connectivity index (χ4v) is 9.26. The highest BCUT2D eigenvalue weighted by molar-refractivity contribution is 5.10. The van der Waals surface area contributed by atoms with E-state index in [9.17, 15) is 13.9 Å². The van der Waals surface area contributed by atoms with E-state index in [1.165, 1.54) is 32.1 Å². The molecule has 1 N–H and O–H groups in total. The fourth-order valence-electron chi connectivity index (χ4n) is 9.26. The van der Waals surface area contributed by atoms with Crippen LogP contribution < -0.4 is 0 Å². The summed E-state index contributed by atoms with van der Waals surface area (Å²) in [6.07, 6.45) is 10.5. The van der Waals surface area contributed by atoms with Crippen LogP contribution >= 0.6 is 0 Å². The Labute approximate surface area is 190 Å².